The van der Waals surface area contributed by atoms with Crippen molar-refractivity contribution < 1.29 is 19.0 Å². The Labute approximate surface area is 164 Å². The van der Waals surface area contributed by atoms with Gasteiger partial charge in [-0.25, -0.2) is 0 Å². The molecule has 2 aromatic carbocycles. The van der Waals surface area contributed by atoms with Gasteiger partial charge in [0.15, 0.2) is 5.11 Å². The van der Waals surface area contributed by atoms with Gasteiger partial charge < -0.3 is 19.5 Å². The van der Waals surface area contributed by atoms with Crippen LogP contribution in [0.25, 0.3) is 0 Å². The van der Waals surface area contributed by atoms with E-state index in [1.807, 2.05) is 18.2 Å². The lowest BCUT2D eigenvalue weighted by Crippen LogP contribution is -2.34. The normalized spacial score (nSPS) is 9.96. The van der Waals surface area contributed by atoms with Gasteiger partial charge in [-0.15, -0.1) is 0 Å². The van der Waals surface area contributed by atoms with Crippen LogP contribution in [0.2, 0.25) is 0 Å². The number of carbonyl (C=O) groups excluding carboxylic acids is 1. The van der Waals surface area contributed by atoms with Crippen molar-refractivity contribution in [3.05, 3.63) is 66.7 Å². The van der Waals surface area contributed by atoms with Gasteiger partial charge in [-0.05, 0) is 36.5 Å². The summed E-state index contributed by atoms with van der Waals surface area (Å²) in [4.78, 5) is 12.5. The monoisotopic (exact) mass is 386 g/mol. The Balaban J connectivity index is 1.98. The number of para-hydroxylation sites is 1. The number of anilines is 1. The number of rotatable bonds is 9. The van der Waals surface area contributed by atoms with Crippen molar-refractivity contribution in [3.8, 4) is 11.5 Å². The third kappa shape index (κ3) is 6.73. The van der Waals surface area contributed by atoms with E-state index in [9.17, 15) is 4.79 Å². The van der Waals surface area contributed by atoms with E-state index < -0.39 is 0 Å². The number of benzene rings is 2. The van der Waals surface area contributed by atoms with Gasteiger partial charge in [-0.3, -0.25) is 10.1 Å². The molecule has 0 saturated carbocycles. The molecule has 0 spiro atoms. The molecule has 0 aromatic heterocycles. The summed E-state index contributed by atoms with van der Waals surface area (Å²) in [6.45, 7) is 4.80. The van der Waals surface area contributed by atoms with Gasteiger partial charge >= 0.3 is 0 Å². The molecule has 0 heterocycles. The van der Waals surface area contributed by atoms with E-state index >= 15 is 0 Å². The van der Waals surface area contributed by atoms with Crippen molar-refractivity contribution in [2.75, 3.05) is 32.2 Å². The number of hydrogen-bond acceptors (Lipinski definition) is 5. The van der Waals surface area contributed by atoms with Crippen LogP contribution in [-0.2, 0) is 4.74 Å². The van der Waals surface area contributed by atoms with Gasteiger partial charge in [0.1, 0.15) is 24.7 Å². The molecule has 0 radical (unpaired) electrons. The first-order valence-corrected chi connectivity index (χ1v) is 8.71. The summed E-state index contributed by atoms with van der Waals surface area (Å²) >= 11 is 5.23. The highest BCUT2D eigenvalue weighted by Gasteiger charge is 2.13. The van der Waals surface area contributed by atoms with Gasteiger partial charge in [0, 0.05) is 18.9 Å². The lowest BCUT2D eigenvalue weighted by molar-refractivity contribution is 0.0970. The average Bonchev–Trinajstić information content (AvgIpc) is 2.67. The number of nitrogens with one attached hydrogen (secondary N) is 2. The average molecular weight is 386 g/mol. The highest BCUT2D eigenvalue weighted by molar-refractivity contribution is 7.80. The molecule has 2 aromatic rings. The van der Waals surface area contributed by atoms with E-state index in [4.69, 9.17) is 26.4 Å². The third-order valence-electron chi connectivity index (χ3n) is 3.36. The second-order valence-corrected chi connectivity index (χ2v) is 5.78. The van der Waals surface area contributed by atoms with Crippen LogP contribution in [0.1, 0.15) is 10.4 Å². The summed E-state index contributed by atoms with van der Waals surface area (Å²) in [5, 5.41) is 5.79. The van der Waals surface area contributed by atoms with Crippen molar-refractivity contribution in [2.24, 2.45) is 0 Å². The van der Waals surface area contributed by atoms with E-state index in [-0.39, 0.29) is 11.0 Å². The molecule has 2 rings (SSSR count). The van der Waals surface area contributed by atoms with Crippen LogP contribution in [0.4, 0.5) is 5.69 Å². The van der Waals surface area contributed by atoms with Crippen molar-refractivity contribution in [1.29, 1.82) is 0 Å². The topological polar surface area (TPSA) is 68.8 Å². The van der Waals surface area contributed by atoms with Crippen molar-refractivity contribution >= 4 is 28.9 Å². The lowest BCUT2D eigenvalue weighted by Gasteiger charge is -2.13. The molecule has 0 aliphatic carbocycles. The van der Waals surface area contributed by atoms with Crippen molar-refractivity contribution in [3.63, 3.8) is 0 Å². The molecule has 0 bridgehead atoms. The zero-order valence-electron chi connectivity index (χ0n) is 15.1. The van der Waals surface area contributed by atoms with Gasteiger partial charge in [0.2, 0.25) is 0 Å². The molecule has 0 fully saturated rings. The molecular weight excluding hydrogens is 364 g/mol. The van der Waals surface area contributed by atoms with Crippen LogP contribution in [0.5, 0.6) is 11.5 Å². The predicted molar refractivity (Wildman–Crippen MR) is 110 cm³/mol. The van der Waals surface area contributed by atoms with Crippen LogP contribution in [0.3, 0.4) is 0 Å². The van der Waals surface area contributed by atoms with Crippen LogP contribution >= 0.6 is 12.2 Å². The molecule has 0 unspecified atom stereocenters. The highest BCUT2D eigenvalue weighted by atomic mass is 32.1. The minimum absolute atomic E-state index is 0.174. The summed E-state index contributed by atoms with van der Waals surface area (Å²) in [6, 6.07) is 14.2. The zero-order chi connectivity index (χ0) is 19.5. The van der Waals surface area contributed by atoms with Crippen LogP contribution < -0.4 is 20.1 Å². The summed E-state index contributed by atoms with van der Waals surface area (Å²) in [5.74, 6) is 0.778. The molecule has 142 valence electrons. The summed E-state index contributed by atoms with van der Waals surface area (Å²) in [7, 11) is 1.59. The fourth-order valence-electron chi connectivity index (χ4n) is 2.17. The Morgan fingerprint density at radius 1 is 1.15 bits per heavy atom. The first kappa shape index (κ1) is 20.4. The van der Waals surface area contributed by atoms with Gasteiger partial charge in [0.25, 0.3) is 5.91 Å². The minimum atomic E-state index is -0.362. The second kappa shape index (κ2) is 10.9. The fraction of sp³-hybridized carbons (Fsp3) is 0.200. The number of thiocarbonyl (C=S) groups is 1. The first-order chi connectivity index (χ1) is 13.1. The number of methoxy groups -OCH3 is 1. The first-order valence-electron chi connectivity index (χ1n) is 8.31. The molecule has 2 N–H and O–H groups in total. The zero-order valence-corrected chi connectivity index (χ0v) is 15.9. The number of carbonyl (C=O) groups is 1. The molecule has 0 aliphatic rings. The SMILES string of the molecule is C=CCOc1cccc(NC(=S)NC(=O)c2ccccc2OCCOC)c1. The third-order valence-corrected chi connectivity index (χ3v) is 3.57. The van der Waals surface area contributed by atoms with E-state index in [1.165, 1.54) is 0 Å². The Bertz CT molecular complexity index is 795. The van der Waals surface area contributed by atoms with Gasteiger partial charge in [0.05, 0.1) is 12.2 Å². The largest absolute Gasteiger partial charge is 0.490 e. The van der Waals surface area contributed by atoms with Crippen LogP contribution in [0.15, 0.2) is 61.2 Å². The fourth-order valence-corrected chi connectivity index (χ4v) is 2.38. The van der Waals surface area contributed by atoms with Crippen LogP contribution in [-0.4, -0.2) is 38.0 Å². The maximum Gasteiger partial charge on any atom is 0.261 e. The summed E-state index contributed by atoms with van der Waals surface area (Å²) in [6.07, 6.45) is 1.66. The van der Waals surface area contributed by atoms with E-state index in [0.29, 0.717) is 42.6 Å². The van der Waals surface area contributed by atoms with Gasteiger partial charge in [-0.1, -0.05) is 30.9 Å². The Hall–Kier alpha value is -2.90. The lowest BCUT2D eigenvalue weighted by atomic mass is 10.2. The maximum atomic E-state index is 12.5. The van der Waals surface area contributed by atoms with E-state index in [0.717, 1.165) is 0 Å². The van der Waals surface area contributed by atoms with Crippen LogP contribution in [0, 0.1) is 0 Å². The minimum Gasteiger partial charge on any atom is -0.490 e. The highest BCUT2D eigenvalue weighted by Crippen LogP contribution is 2.19. The molecule has 0 atom stereocenters. The molecular formula is C20H22N2O4S. The molecule has 1 amide bonds. The van der Waals surface area contributed by atoms with E-state index in [2.05, 4.69) is 17.2 Å². The summed E-state index contributed by atoms with van der Waals surface area (Å²) in [5.41, 5.74) is 1.09. The Kier molecular flexibility index (Phi) is 8.28. The van der Waals surface area contributed by atoms with Crippen molar-refractivity contribution in [2.45, 2.75) is 0 Å². The summed E-state index contributed by atoms with van der Waals surface area (Å²) < 4.78 is 16.0. The maximum absolute atomic E-state index is 12.5. The van der Waals surface area contributed by atoms with Gasteiger partial charge in [-0.2, -0.15) is 0 Å². The number of amides is 1. The number of hydrogen-bond donors (Lipinski definition) is 2. The Morgan fingerprint density at radius 2 is 1.96 bits per heavy atom. The molecule has 0 saturated heterocycles. The quantitative estimate of drug-likeness (QED) is 0.391. The molecule has 6 nitrogen and oxygen atoms in total. The standard InChI is InChI=1S/C20H22N2O4S/c1-3-11-25-16-8-6-7-15(14-16)21-20(27)22-19(23)17-9-4-5-10-18(17)26-13-12-24-2/h3-10,14H,1,11-13H2,2H3,(H2,21,22,23,27). The van der Waals surface area contributed by atoms with E-state index in [1.54, 1.807) is 43.5 Å². The predicted octanol–water partition coefficient (Wildman–Crippen LogP) is 3.40. The molecule has 0 aliphatic heterocycles. The molecule has 7 heteroatoms. The number of ether oxygens (including phenoxy) is 3. The van der Waals surface area contributed by atoms with Crippen molar-refractivity contribution in [1.82, 2.24) is 5.32 Å². The molecule has 27 heavy (non-hydrogen) atoms. The second-order valence-electron chi connectivity index (χ2n) is 5.37. The smallest absolute Gasteiger partial charge is 0.261 e. The Morgan fingerprint density at radius 3 is 2.74 bits per heavy atom.